The lowest BCUT2D eigenvalue weighted by Crippen LogP contribution is -2.32. The maximum atomic E-state index is 9.85. The lowest BCUT2D eigenvalue weighted by Gasteiger charge is -2.09. The molecular formula is C13H22IN3O. The summed E-state index contributed by atoms with van der Waals surface area (Å²) < 4.78 is 0. The van der Waals surface area contributed by atoms with Crippen molar-refractivity contribution < 1.29 is 5.11 Å². The fraction of sp³-hybridized carbons (Fsp3) is 0.462. The highest BCUT2D eigenvalue weighted by Crippen LogP contribution is 2.11. The number of hydrogen-bond donors (Lipinski definition) is 3. The van der Waals surface area contributed by atoms with Crippen molar-refractivity contribution in [3.05, 3.63) is 35.9 Å². The average molecular weight is 363 g/mol. The Morgan fingerprint density at radius 2 is 2.06 bits per heavy atom. The zero-order chi connectivity index (χ0) is 12.5. The molecule has 1 atom stereocenters. The predicted octanol–water partition coefficient (Wildman–Crippen LogP) is 2.04. The molecule has 0 saturated heterocycles. The molecule has 0 aliphatic rings. The number of rotatable bonds is 6. The number of aliphatic imine (C=N–C) groups is 1. The van der Waals surface area contributed by atoms with Gasteiger partial charge in [-0.05, 0) is 12.0 Å². The van der Waals surface area contributed by atoms with Crippen molar-refractivity contribution in [1.82, 2.24) is 5.32 Å². The lowest BCUT2D eigenvalue weighted by molar-refractivity contribution is 0.187. The fourth-order valence-corrected chi connectivity index (χ4v) is 1.41. The van der Waals surface area contributed by atoms with Gasteiger partial charge in [-0.25, -0.2) is 0 Å². The van der Waals surface area contributed by atoms with Gasteiger partial charge in [0, 0.05) is 6.54 Å². The molecule has 1 rings (SSSR count). The number of hydrogen-bond acceptors (Lipinski definition) is 2. The number of guanidine groups is 1. The van der Waals surface area contributed by atoms with E-state index in [0.717, 1.165) is 24.9 Å². The largest absolute Gasteiger partial charge is 0.386 e. The minimum atomic E-state index is -0.595. The quantitative estimate of drug-likeness (QED) is 0.314. The summed E-state index contributed by atoms with van der Waals surface area (Å²) >= 11 is 0. The van der Waals surface area contributed by atoms with Crippen LogP contribution in [0.25, 0.3) is 0 Å². The topological polar surface area (TPSA) is 70.6 Å². The van der Waals surface area contributed by atoms with Gasteiger partial charge in [0.2, 0.25) is 0 Å². The van der Waals surface area contributed by atoms with E-state index in [4.69, 9.17) is 5.73 Å². The van der Waals surface area contributed by atoms with Crippen LogP contribution in [0.15, 0.2) is 35.3 Å². The first-order chi connectivity index (χ1) is 8.24. The SMILES string of the molecule is CCCCNC(N)=NCC(O)c1ccccc1.I. The first-order valence-electron chi connectivity index (χ1n) is 6.00. The number of benzene rings is 1. The van der Waals surface area contributed by atoms with Gasteiger partial charge in [0.05, 0.1) is 12.6 Å². The van der Waals surface area contributed by atoms with Crippen LogP contribution in [-0.2, 0) is 0 Å². The Labute approximate surface area is 126 Å². The molecule has 0 aromatic heterocycles. The van der Waals surface area contributed by atoms with Crippen molar-refractivity contribution in [2.45, 2.75) is 25.9 Å². The number of halogens is 1. The van der Waals surface area contributed by atoms with E-state index in [1.807, 2.05) is 30.3 Å². The summed E-state index contributed by atoms with van der Waals surface area (Å²) in [4.78, 5) is 4.11. The number of aliphatic hydroxyl groups is 1. The molecule has 0 spiro atoms. The Bertz CT molecular complexity index is 343. The predicted molar refractivity (Wildman–Crippen MR) is 86.2 cm³/mol. The smallest absolute Gasteiger partial charge is 0.188 e. The highest BCUT2D eigenvalue weighted by Gasteiger charge is 2.05. The highest BCUT2D eigenvalue weighted by molar-refractivity contribution is 14.0. The summed E-state index contributed by atoms with van der Waals surface area (Å²) in [5, 5.41) is 12.9. The van der Waals surface area contributed by atoms with Crippen molar-refractivity contribution in [3.8, 4) is 0 Å². The zero-order valence-electron chi connectivity index (χ0n) is 10.7. The average Bonchev–Trinajstić information content (AvgIpc) is 2.37. The molecule has 0 aliphatic carbocycles. The van der Waals surface area contributed by atoms with Crippen LogP contribution in [0.2, 0.25) is 0 Å². The second-order valence-electron chi connectivity index (χ2n) is 3.93. The van der Waals surface area contributed by atoms with E-state index in [2.05, 4.69) is 17.2 Å². The minimum absolute atomic E-state index is 0. The number of unbranched alkanes of at least 4 members (excludes halogenated alkanes) is 1. The van der Waals surface area contributed by atoms with Gasteiger partial charge in [0.1, 0.15) is 0 Å². The summed E-state index contributed by atoms with van der Waals surface area (Å²) in [7, 11) is 0. The van der Waals surface area contributed by atoms with Gasteiger partial charge in [-0.3, -0.25) is 4.99 Å². The molecule has 1 aromatic rings. The summed E-state index contributed by atoms with van der Waals surface area (Å²) in [6.07, 6.45) is 1.59. The van der Waals surface area contributed by atoms with Crippen LogP contribution in [0.4, 0.5) is 0 Å². The summed E-state index contributed by atoms with van der Waals surface area (Å²) in [5.41, 5.74) is 6.53. The van der Waals surface area contributed by atoms with E-state index < -0.39 is 6.10 Å². The van der Waals surface area contributed by atoms with Gasteiger partial charge in [0.15, 0.2) is 5.96 Å². The molecule has 1 unspecified atom stereocenters. The molecule has 0 saturated carbocycles. The van der Waals surface area contributed by atoms with Gasteiger partial charge in [-0.2, -0.15) is 0 Å². The maximum Gasteiger partial charge on any atom is 0.188 e. The van der Waals surface area contributed by atoms with Crippen LogP contribution in [0.5, 0.6) is 0 Å². The third-order valence-electron chi connectivity index (χ3n) is 2.46. The van der Waals surface area contributed by atoms with Crippen molar-refractivity contribution in [2.24, 2.45) is 10.7 Å². The van der Waals surface area contributed by atoms with E-state index >= 15 is 0 Å². The van der Waals surface area contributed by atoms with Crippen molar-refractivity contribution in [2.75, 3.05) is 13.1 Å². The number of aliphatic hydroxyl groups excluding tert-OH is 1. The molecule has 18 heavy (non-hydrogen) atoms. The van der Waals surface area contributed by atoms with E-state index in [0.29, 0.717) is 5.96 Å². The van der Waals surface area contributed by atoms with Gasteiger partial charge in [-0.15, -0.1) is 24.0 Å². The third-order valence-corrected chi connectivity index (χ3v) is 2.46. The first kappa shape index (κ1) is 17.2. The van der Waals surface area contributed by atoms with Crippen LogP contribution in [0.3, 0.4) is 0 Å². The standard InChI is InChI=1S/C13H21N3O.HI/c1-2-3-9-15-13(14)16-10-12(17)11-7-5-4-6-8-11;/h4-8,12,17H,2-3,9-10H2,1H3,(H3,14,15,16);1H. The van der Waals surface area contributed by atoms with Crippen molar-refractivity contribution in [1.29, 1.82) is 0 Å². The normalized spacial score (nSPS) is 12.7. The molecule has 0 amide bonds. The third kappa shape index (κ3) is 6.80. The van der Waals surface area contributed by atoms with Gasteiger partial charge >= 0.3 is 0 Å². The number of nitrogens with zero attached hydrogens (tertiary/aromatic N) is 1. The van der Waals surface area contributed by atoms with E-state index in [9.17, 15) is 5.11 Å². The molecule has 102 valence electrons. The summed E-state index contributed by atoms with van der Waals surface area (Å²) in [5.74, 6) is 0.397. The molecule has 4 nitrogen and oxygen atoms in total. The van der Waals surface area contributed by atoms with Crippen LogP contribution >= 0.6 is 24.0 Å². The van der Waals surface area contributed by atoms with E-state index in [1.54, 1.807) is 0 Å². The molecule has 0 heterocycles. The van der Waals surface area contributed by atoms with Crippen LogP contribution < -0.4 is 11.1 Å². The monoisotopic (exact) mass is 363 g/mol. The molecule has 0 fully saturated rings. The lowest BCUT2D eigenvalue weighted by atomic mass is 10.1. The van der Waals surface area contributed by atoms with Gasteiger partial charge in [0.25, 0.3) is 0 Å². The van der Waals surface area contributed by atoms with E-state index in [-0.39, 0.29) is 30.5 Å². The number of nitrogens with one attached hydrogen (secondary N) is 1. The molecule has 5 heteroatoms. The second-order valence-corrected chi connectivity index (χ2v) is 3.93. The molecule has 0 bridgehead atoms. The molecular weight excluding hydrogens is 341 g/mol. The Hall–Kier alpha value is -0.820. The van der Waals surface area contributed by atoms with Gasteiger partial charge < -0.3 is 16.2 Å². The Balaban J connectivity index is 0.00000289. The van der Waals surface area contributed by atoms with Crippen LogP contribution in [0.1, 0.15) is 31.4 Å². The maximum absolute atomic E-state index is 9.85. The highest BCUT2D eigenvalue weighted by atomic mass is 127. The van der Waals surface area contributed by atoms with Crippen LogP contribution in [-0.4, -0.2) is 24.2 Å². The van der Waals surface area contributed by atoms with Crippen molar-refractivity contribution in [3.63, 3.8) is 0 Å². The number of nitrogens with two attached hydrogens (primary N) is 1. The fourth-order valence-electron chi connectivity index (χ4n) is 1.41. The van der Waals surface area contributed by atoms with Crippen molar-refractivity contribution >= 4 is 29.9 Å². The molecule has 0 radical (unpaired) electrons. The Morgan fingerprint density at radius 3 is 2.67 bits per heavy atom. The molecule has 4 N–H and O–H groups in total. The Kier molecular flexibility index (Phi) is 9.67. The zero-order valence-corrected chi connectivity index (χ0v) is 13.0. The molecule has 1 aromatic carbocycles. The summed E-state index contributed by atoms with van der Waals surface area (Å²) in [6, 6.07) is 9.46. The Morgan fingerprint density at radius 1 is 1.39 bits per heavy atom. The second kappa shape index (κ2) is 10.1. The van der Waals surface area contributed by atoms with E-state index in [1.165, 1.54) is 0 Å². The summed E-state index contributed by atoms with van der Waals surface area (Å²) in [6.45, 7) is 3.23. The van der Waals surface area contributed by atoms with Gasteiger partial charge in [-0.1, -0.05) is 43.7 Å². The molecule has 0 aliphatic heterocycles. The first-order valence-corrected chi connectivity index (χ1v) is 6.00. The van der Waals surface area contributed by atoms with Crippen LogP contribution in [0, 0.1) is 0 Å². The minimum Gasteiger partial charge on any atom is -0.386 e.